The molecular weight excluding hydrogens is 232 g/mol. The van der Waals surface area contributed by atoms with E-state index in [1.165, 1.54) is 13.4 Å². The third kappa shape index (κ3) is 2.27. The second-order valence-corrected chi connectivity index (χ2v) is 4.13. The van der Waals surface area contributed by atoms with Crippen molar-refractivity contribution in [3.05, 3.63) is 47.2 Å². The van der Waals surface area contributed by atoms with E-state index in [-0.39, 0.29) is 23.9 Å². The summed E-state index contributed by atoms with van der Waals surface area (Å²) in [4.78, 5) is 23.1. The van der Waals surface area contributed by atoms with Crippen LogP contribution in [0.25, 0.3) is 0 Å². The largest absolute Gasteiger partial charge is 0.492 e. The van der Waals surface area contributed by atoms with Crippen molar-refractivity contribution in [3.63, 3.8) is 0 Å². The van der Waals surface area contributed by atoms with Crippen LogP contribution < -0.4 is 0 Å². The lowest BCUT2D eigenvalue weighted by molar-refractivity contribution is -0.139. The fraction of sp³-hybridized carbons (Fsp3) is 0.286. The molecule has 4 nitrogen and oxygen atoms in total. The SMILES string of the molecule is COC(=O)C1=CO[C@@H](c2ccccc2C)CC1=O. The van der Waals surface area contributed by atoms with Gasteiger partial charge >= 0.3 is 5.97 Å². The van der Waals surface area contributed by atoms with Crippen LogP contribution in [0.1, 0.15) is 23.7 Å². The highest BCUT2D eigenvalue weighted by molar-refractivity contribution is 6.17. The molecule has 0 spiro atoms. The van der Waals surface area contributed by atoms with Gasteiger partial charge in [0, 0.05) is 0 Å². The molecule has 1 atom stereocenters. The van der Waals surface area contributed by atoms with E-state index in [1.807, 2.05) is 31.2 Å². The number of hydrogen-bond donors (Lipinski definition) is 0. The number of hydrogen-bond acceptors (Lipinski definition) is 4. The van der Waals surface area contributed by atoms with Crippen molar-refractivity contribution >= 4 is 11.8 Å². The molecule has 1 aliphatic heterocycles. The zero-order valence-electron chi connectivity index (χ0n) is 10.3. The third-order valence-electron chi connectivity index (χ3n) is 2.96. The second-order valence-electron chi connectivity index (χ2n) is 4.13. The maximum Gasteiger partial charge on any atom is 0.344 e. The number of methoxy groups -OCH3 is 1. The smallest absolute Gasteiger partial charge is 0.344 e. The van der Waals surface area contributed by atoms with Crippen molar-refractivity contribution in [2.75, 3.05) is 7.11 Å². The number of carbonyl (C=O) groups excluding carboxylic acids is 2. The van der Waals surface area contributed by atoms with Crippen LogP contribution in [-0.2, 0) is 19.1 Å². The molecule has 0 saturated carbocycles. The Morgan fingerprint density at radius 2 is 2.11 bits per heavy atom. The van der Waals surface area contributed by atoms with E-state index in [2.05, 4.69) is 4.74 Å². The average Bonchev–Trinajstić information content (AvgIpc) is 2.38. The molecule has 1 aliphatic rings. The van der Waals surface area contributed by atoms with Gasteiger partial charge in [0.2, 0.25) is 0 Å². The summed E-state index contributed by atoms with van der Waals surface area (Å²) >= 11 is 0. The van der Waals surface area contributed by atoms with E-state index in [0.29, 0.717) is 0 Å². The minimum absolute atomic E-state index is 0.0256. The predicted octanol–water partition coefficient (Wildman–Crippen LogP) is 2.08. The molecule has 0 aliphatic carbocycles. The molecule has 0 amide bonds. The van der Waals surface area contributed by atoms with Gasteiger partial charge < -0.3 is 9.47 Å². The molecule has 1 heterocycles. The highest BCUT2D eigenvalue weighted by atomic mass is 16.5. The first-order valence-electron chi connectivity index (χ1n) is 5.66. The Labute approximate surface area is 105 Å². The number of ketones is 1. The summed E-state index contributed by atoms with van der Waals surface area (Å²) in [6.07, 6.45) is 1.03. The van der Waals surface area contributed by atoms with Crippen molar-refractivity contribution in [2.45, 2.75) is 19.4 Å². The fourth-order valence-corrected chi connectivity index (χ4v) is 1.95. The molecule has 1 aromatic rings. The highest BCUT2D eigenvalue weighted by Gasteiger charge is 2.29. The van der Waals surface area contributed by atoms with E-state index in [4.69, 9.17) is 4.74 Å². The zero-order chi connectivity index (χ0) is 13.1. The predicted molar refractivity (Wildman–Crippen MR) is 64.7 cm³/mol. The summed E-state index contributed by atoms with van der Waals surface area (Å²) in [6, 6.07) is 7.71. The molecule has 0 aromatic heterocycles. The zero-order valence-corrected chi connectivity index (χ0v) is 10.3. The van der Waals surface area contributed by atoms with Gasteiger partial charge in [0.15, 0.2) is 5.78 Å². The number of carbonyl (C=O) groups is 2. The lowest BCUT2D eigenvalue weighted by atomic mass is 9.95. The highest BCUT2D eigenvalue weighted by Crippen LogP contribution is 2.29. The summed E-state index contributed by atoms with van der Waals surface area (Å²) in [5, 5.41) is 0. The minimum Gasteiger partial charge on any atom is -0.492 e. The molecule has 0 saturated heterocycles. The summed E-state index contributed by atoms with van der Waals surface area (Å²) in [5.74, 6) is -0.899. The van der Waals surface area contributed by atoms with E-state index < -0.39 is 5.97 Å². The maximum absolute atomic E-state index is 11.8. The average molecular weight is 246 g/mol. The number of benzene rings is 1. The second kappa shape index (κ2) is 5.04. The molecule has 4 heteroatoms. The lowest BCUT2D eigenvalue weighted by Gasteiger charge is -2.22. The summed E-state index contributed by atoms with van der Waals surface area (Å²) in [7, 11) is 1.24. The van der Waals surface area contributed by atoms with E-state index in [0.717, 1.165) is 11.1 Å². The minimum atomic E-state index is -0.650. The molecule has 94 valence electrons. The van der Waals surface area contributed by atoms with Crippen LogP contribution in [0.4, 0.5) is 0 Å². The van der Waals surface area contributed by atoms with Gasteiger partial charge in [-0.3, -0.25) is 4.79 Å². The van der Waals surface area contributed by atoms with Gasteiger partial charge in [-0.2, -0.15) is 0 Å². The summed E-state index contributed by atoms with van der Waals surface area (Å²) in [6.45, 7) is 1.96. The first-order chi connectivity index (χ1) is 8.63. The third-order valence-corrected chi connectivity index (χ3v) is 2.96. The van der Waals surface area contributed by atoms with Gasteiger partial charge in [0.05, 0.1) is 13.5 Å². The molecule has 1 aromatic carbocycles. The number of ether oxygens (including phenoxy) is 2. The molecule has 0 fully saturated rings. The van der Waals surface area contributed by atoms with Gasteiger partial charge in [0.25, 0.3) is 0 Å². The van der Waals surface area contributed by atoms with Gasteiger partial charge in [-0.15, -0.1) is 0 Å². The molecule has 0 radical (unpaired) electrons. The van der Waals surface area contributed by atoms with Crippen LogP contribution in [0.5, 0.6) is 0 Å². The Morgan fingerprint density at radius 3 is 2.72 bits per heavy atom. The Bertz CT molecular complexity index is 516. The van der Waals surface area contributed by atoms with E-state index >= 15 is 0 Å². The lowest BCUT2D eigenvalue weighted by Crippen LogP contribution is -2.22. The van der Waals surface area contributed by atoms with E-state index in [1.54, 1.807) is 0 Å². The van der Waals surface area contributed by atoms with Crippen LogP contribution in [0.2, 0.25) is 0 Å². The number of aryl methyl sites for hydroxylation is 1. The van der Waals surface area contributed by atoms with Crippen molar-refractivity contribution in [3.8, 4) is 0 Å². The summed E-state index contributed by atoms with van der Waals surface area (Å²) in [5.41, 5.74) is 2.00. The molecule has 18 heavy (non-hydrogen) atoms. The number of rotatable bonds is 2. The van der Waals surface area contributed by atoms with Crippen LogP contribution in [0.15, 0.2) is 36.1 Å². The molecule has 0 bridgehead atoms. The first kappa shape index (κ1) is 12.4. The standard InChI is InChI=1S/C14H14O4/c1-9-5-3-4-6-10(9)13-7-12(15)11(8-18-13)14(16)17-2/h3-6,8,13H,7H2,1-2H3/t13-/m1/s1. The van der Waals surface area contributed by atoms with Crippen LogP contribution in [0.3, 0.4) is 0 Å². The first-order valence-corrected chi connectivity index (χ1v) is 5.66. The van der Waals surface area contributed by atoms with Gasteiger partial charge in [-0.25, -0.2) is 4.79 Å². The number of Topliss-reactive ketones (excluding diaryl/α,β-unsaturated/α-hetero) is 1. The van der Waals surface area contributed by atoms with Gasteiger partial charge in [-0.05, 0) is 18.1 Å². The normalized spacial score (nSPS) is 18.9. The number of esters is 1. The molecular formula is C14H14O4. The quantitative estimate of drug-likeness (QED) is 0.592. The molecule has 0 N–H and O–H groups in total. The van der Waals surface area contributed by atoms with Crippen LogP contribution in [-0.4, -0.2) is 18.9 Å². The molecule has 0 unspecified atom stereocenters. The topological polar surface area (TPSA) is 52.6 Å². The Morgan fingerprint density at radius 1 is 1.39 bits per heavy atom. The summed E-state index contributed by atoms with van der Waals surface area (Å²) < 4.78 is 9.98. The van der Waals surface area contributed by atoms with Crippen molar-refractivity contribution < 1.29 is 19.1 Å². The van der Waals surface area contributed by atoms with Crippen LogP contribution in [0, 0.1) is 6.92 Å². The monoisotopic (exact) mass is 246 g/mol. The Hall–Kier alpha value is -2.10. The molecule has 2 rings (SSSR count). The van der Waals surface area contributed by atoms with Crippen molar-refractivity contribution in [1.82, 2.24) is 0 Å². The van der Waals surface area contributed by atoms with Crippen molar-refractivity contribution in [1.29, 1.82) is 0 Å². The fourth-order valence-electron chi connectivity index (χ4n) is 1.95. The van der Waals surface area contributed by atoms with Crippen molar-refractivity contribution in [2.24, 2.45) is 0 Å². The Balaban J connectivity index is 2.23. The Kier molecular flexibility index (Phi) is 3.46. The van der Waals surface area contributed by atoms with E-state index in [9.17, 15) is 9.59 Å². The van der Waals surface area contributed by atoms with Gasteiger partial charge in [0.1, 0.15) is 17.9 Å². The maximum atomic E-state index is 11.8. The van der Waals surface area contributed by atoms with Crippen LogP contribution >= 0.6 is 0 Å². The van der Waals surface area contributed by atoms with Gasteiger partial charge in [-0.1, -0.05) is 24.3 Å².